The molecule has 2 aromatic carbocycles. The number of carbonyl (C=O) groups is 2. The van der Waals surface area contributed by atoms with E-state index in [1.165, 1.54) is 0 Å². The molecule has 3 aromatic rings. The van der Waals surface area contributed by atoms with E-state index in [0.717, 1.165) is 21.7 Å². The molecule has 5 nitrogen and oxygen atoms in total. The van der Waals surface area contributed by atoms with Crippen molar-refractivity contribution < 1.29 is 14.3 Å². The fraction of sp³-hybridized carbons (Fsp3) is 0.357. The number of nitrogens with one attached hydrogen (secondary N) is 1. The molecule has 178 valence electrons. The second-order valence-electron chi connectivity index (χ2n) is 9.86. The van der Waals surface area contributed by atoms with Crippen LogP contribution in [0, 0.1) is 12.8 Å². The lowest BCUT2D eigenvalue weighted by Crippen LogP contribution is -2.46. The average Bonchev–Trinajstić information content (AvgIpc) is 3.33. The van der Waals surface area contributed by atoms with Gasteiger partial charge in [-0.3, -0.25) is 9.59 Å². The number of carbonyl (C=O) groups excluding carboxylic acids is 2. The van der Waals surface area contributed by atoms with E-state index in [9.17, 15) is 9.59 Å². The van der Waals surface area contributed by atoms with Crippen LogP contribution in [0.2, 0.25) is 0 Å². The Morgan fingerprint density at radius 1 is 1.12 bits per heavy atom. The van der Waals surface area contributed by atoms with Crippen LogP contribution in [0.5, 0.6) is 5.75 Å². The number of nitrogens with zero attached hydrogens (tertiary/aromatic N) is 1. The summed E-state index contributed by atoms with van der Waals surface area (Å²) in [5, 5.41) is 5.13. The molecule has 0 unspecified atom stereocenters. The van der Waals surface area contributed by atoms with Crippen LogP contribution < -0.4 is 15.0 Å². The second-order valence-corrected chi connectivity index (χ2v) is 10.8. The third-order valence-electron chi connectivity index (χ3n) is 6.40. The Hall–Kier alpha value is -3.12. The molecule has 1 aliphatic rings. The summed E-state index contributed by atoms with van der Waals surface area (Å²) in [5.41, 5.74) is 3.65. The van der Waals surface area contributed by atoms with Crippen molar-refractivity contribution in [3.8, 4) is 5.75 Å². The molecule has 0 aliphatic carbocycles. The summed E-state index contributed by atoms with van der Waals surface area (Å²) in [4.78, 5) is 29.7. The maximum Gasteiger partial charge on any atom is 0.230 e. The monoisotopic (exact) mass is 476 g/mol. The van der Waals surface area contributed by atoms with E-state index in [1.807, 2.05) is 71.8 Å². The lowest BCUT2D eigenvalue weighted by atomic mass is 9.85. The molecule has 1 aliphatic heterocycles. The van der Waals surface area contributed by atoms with Gasteiger partial charge in [0.05, 0.1) is 24.8 Å². The van der Waals surface area contributed by atoms with Crippen molar-refractivity contribution >= 4 is 34.5 Å². The summed E-state index contributed by atoms with van der Waals surface area (Å²) in [6.07, 6.45) is 0.823. The number of piperidine rings is 1. The van der Waals surface area contributed by atoms with E-state index in [0.29, 0.717) is 24.3 Å². The zero-order valence-corrected chi connectivity index (χ0v) is 21.2. The van der Waals surface area contributed by atoms with Crippen LogP contribution in [0.1, 0.15) is 55.7 Å². The van der Waals surface area contributed by atoms with Gasteiger partial charge in [-0.2, -0.15) is 0 Å². The number of amides is 2. The van der Waals surface area contributed by atoms with Crippen molar-refractivity contribution in [1.82, 2.24) is 0 Å². The first-order chi connectivity index (χ1) is 16.2. The molecule has 2 heterocycles. The Kier molecular flexibility index (Phi) is 6.80. The first kappa shape index (κ1) is 24.0. The summed E-state index contributed by atoms with van der Waals surface area (Å²) in [5.74, 6) is 0.169. The molecule has 2 amide bonds. The van der Waals surface area contributed by atoms with Crippen molar-refractivity contribution in [2.24, 2.45) is 5.92 Å². The van der Waals surface area contributed by atoms with Gasteiger partial charge in [0, 0.05) is 17.0 Å². The van der Waals surface area contributed by atoms with E-state index in [2.05, 4.69) is 26.1 Å². The minimum Gasteiger partial charge on any atom is -0.495 e. The molecule has 0 saturated carbocycles. The van der Waals surface area contributed by atoms with Gasteiger partial charge in [-0.05, 0) is 60.0 Å². The number of benzene rings is 2. The van der Waals surface area contributed by atoms with E-state index < -0.39 is 0 Å². The minimum atomic E-state index is -0.388. The smallest absolute Gasteiger partial charge is 0.230 e. The van der Waals surface area contributed by atoms with Gasteiger partial charge < -0.3 is 15.0 Å². The number of thiophene rings is 1. The topological polar surface area (TPSA) is 58.6 Å². The van der Waals surface area contributed by atoms with Crippen LogP contribution in [0.25, 0.3) is 0 Å². The zero-order chi connectivity index (χ0) is 24.5. The molecular weight excluding hydrogens is 444 g/mol. The van der Waals surface area contributed by atoms with Crippen LogP contribution in [-0.4, -0.2) is 18.9 Å². The highest BCUT2D eigenvalue weighted by atomic mass is 32.1. The summed E-state index contributed by atoms with van der Waals surface area (Å²) in [6, 6.07) is 17.5. The molecule has 1 fully saturated rings. The highest BCUT2D eigenvalue weighted by Gasteiger charge is 2.42. The minimum absolute atomic E-state index is 0.0404. The van der Waals surface area contributed by atoms with E-state index >= 15 is 0 Å². The number of hydrogen-bond acceptors (Lipinski definition) is 4. The van der Waals surface area contributed by atoms with Gasteiger partial charge in [0.2, 0.25) is 11.8 Å². The van der Waals surface area contributed by atoms with Gasteiger partial charge in [0.15, 0.2) is 0 Å². The normalized spacial score (nSPS) is 18.6. The molecule has 0 spiro atoms. The van der Waals surface area contributed by atoms with Crippen LogP contribution in [-0.2, 0) is 15.0 Å². The number of aryl methyl sites for hydroxylation is 1. The number of anilines is 2. The Bertz CT molecular complexity index is 1160. The van der Waals surface area contributed by atoms with Crippen LogP contribution in [0.15, 0.2) is 60.0 Å². The van der Waals surface area contributed by atoms with Gasteiger partial charge >= 0.3 is 0 Å². The third-order valence-corrected chi connectivity index (χ3v) is 7.35. The summed E-state index contributed by atoms with van der Waals surface area (Å²) in [6.45, 7) is 8.44. The van der Waals surface area contributed by atoms with E-state index in [-0.39, 0.29) is 29.2 Å². The lowest BCUT2D eigenvalue weighted by molar-refractivity contribution is -0.125. The first-order valence-electron chi connectivity index (χ1n) is 11.6. The third kappa shape index (κ3) is 4.87. The summed E-state index contributed by atoms with van der Waals surface area (Å²) >= 11 is 1.58. The Labute approximate surface area is 205 Å². The molecular formula is C28H32N2O3S. The van der Waals surface area contributed by atoms with Crippen molar-refractivity contribution in [1.29, 1.82) is 0 Å². The summed E-state index contributed by atoms with van der Waals surface area (Å²) < 4.78 is 5.54. The van der Waals surface area contributed by atoms with E-state index in [1.54, 1.807) is 18.4 Å². The molecule has 1 aromatic heterocycles. The first-order valence-corrected chi connectivity index (χ1v) is 12.5. The average molecular weight is 477 g/mol. The lowest BCUT2D eigenvalue weighted by Gasteiger charge is -2.40. The van der Waals surface area contributed by atoms with Gasteiger partial charge in [-0.25, -0.2) is 0 Å². The Morgan fingerprint density at radius 3 is 2.47 bits per heavy atom. The Balaban J connectivity index is 1.71. The van der Waals surface area contributed by atoms with Gasteiger partial charge in [0.25, 0.3) is 0 Å². The van der Waals surface area contributed by atoms with Crippen LogP contribution in [0.4, 0.5) is 11.4 Å². The molecule has 2 atom stereocenters. The molecule has 0 bridgehead atoms. The van der Waals surface area contributed by atoms with Crippen molar-refractivity contribution in [2.45, 2.75) is 52.0 Å². The molecule has 34 heavy (non-hydrogen) atoms. The van der Waals surface area contributed by atoms with Gasteiger partial charge in [-0.1, -0.05) is 50.6 Å². The number of methoxy groups -OCH3 is 1. The fourth-order valence-electron chi connectivity index (χ4n) is 4.46. The molecule has 4 rings (SSSR count). The predicted molar refractivity (Wildman–Crippen MR) is 139 cm³/mol. The number of rotatable bonds is 5. The van der Waals surface area contributed by atoms with Crippen LogP contribution in [0.3, 0.4) is 0 Å². The predicted octanol–water partition coefficient (Wildman–Crippen LogP) is 6.49. The zero-order valence-electron chi connectivity index (χ0n) is 20.4. The Morgan fingerprint density at radius 2 is 1.85 bits per heavy atom. The van der Waals surface area contributed by atoms with Crippen LogP contribution >= 0.6 is 11.3 Å². The number of ether oxygens (including phenoxy) is 1. The number of hydrogen-bond donors (Lipinski definition) is 1. The molecule has 0 radical (unpaired) electrons. The maximum absolute atomic E-state index is 13.7. The maximum atomic E-state index is 13.7. The largest absolute Gasteiger partial charge is 0.495 e. The quantitative estimate of drug-likeness (QED) is 0.458. The molecule has 1 saturated heterocycles. The van der Waals surface area contributed by atoms with Gasteiger partial charge in [0.1, 0.15) is 5.75 Å². The standard InChI is InChI=1S/C28H32N2O3S/c1-18-8-11-20(12-9-18)30-25(31)15-13-21(26(30)24-7-6-16-34-24)27(32)29-22-17-19(28(2,3)4)10-14-23(22)33-5/h6-12,14,16-17,21,26H,13,15H2,1-5H3,(H,29,32)/t21-,26+/m1/s1. The highest BCUT2D eigenvalue weighted by Crippen LogP contribution is 2.42. The van der Waals surface area contributed by atoms with Crippen molar-refractivity contribution in [3.05, 3.63) is 76.0 Å². The second kappa shape index (κ2) is 9.63. The highest BCUT2D eigenvalue weighted by molar-refractivity contribution is 7.10. The molecule has 1 N–H and O–H groups in total. The molecule has 6 heteroatoms. The summed E-state index contributed by atoms with van der Waals surface area (Å²) in [7, 11) is 1.61. The SMILES string of the molecule is COc1ccc(C(C)(C)C)cc1NC(=O)[C@@H]1CCC(=O)N(c2ccc(C)cc2)[C@@H]1c1cccs1. The fourth-order valence-corrected chi connectivity index (χ4v) is 5.34. The van der Waals surface area contributed by atoms with E-state index in [4.69, 9.17) is 4.74 Å². The van der Waals surface area contributed by atoms with Crippen molar-refractivity contribution in [3.63, 3.8) is 0 Å². The van der Waals surface area contributed by atoms with Crippen molar-refractivity contribution in [2.75, 3.05) is 17.3 Å². The van der Waals surface area contributed by atoms with Gasteiger partial charge in [-0.15, -0.1) is 11.3 Å².